The maximum Gasteiger partial charge on any atom is 0.254 e. The molecule has 0 aliphatic carbocycles. The van der Waals surface area contributed by atoms with Crippen molar-refractivity contribution in [3.05, 3.63) is 75.9 Å². The maximum absolute atomic E-state index is 13.8. The molecule has 1 N–H and O–H groups in total. The number of benzene rings is 2. The molecule has 2 aliphatic rings. The number of rotatable bonds is 7. The highest BCUT2D eigenvalue weighted by atomic mass is 16.5. The van der Waals surface area contributed by atoms with E-state index in [1.165, 1.54) is 16.7 Å². The van der Waals surface area contributed by atoms with E-state index in [4.69, 9.17) is 4.74 Å². The molecule has 5 rings (SSSR count). The Morgan fingerprint density at radius 3 is 2.70 bits per heavy atom. The van der Waals surface area contributed by atoms with Crippen molar-refractivity contribution in [1.29, 1.82) is 0 Å². The van der Waals surface area contributed by atoms with Gasteiger partial charge in [-0.3, -0.25) is 14.2 Å². The summed E-state index contributed by atoms with van der Waals surface area (Å²) < 4.78 is 7.48. The summed E-state index contributed by atoms with van der Waals surface area (Å²) in [6.07, 6.45) is 4.21. The second-order valence-corrected chi connectivity index (χ2v) is 10.3. The van der Waals surface area contributed by atoms with Gasteiger partial charge in [0, 0.05) is 51.4 Å². The van der Waals surface area contributed by atoms with Crippen LogP contribution in [0.2, 0.25) is 0 Å². The first-order valence-corrected chi connectivity index (χ1v) is 12.9. The van der Waals surface area contributed by atoms with Crippen molar-refractivity contribution in [1.82, 2.24) is 19.4 Å². The van der Waals surface area contributed by atoms with Gasteiger partial charge in [0.2, 0.25) is 0 Å². The minimum atomic E-state index is 0.0125. The van der Waals surface area contributed by atoms with Crippen LogP contribution in [0.1, 0.15) is 67.7 Å². The van der Waals surface area contributed by atoms with Crippen molar-refractivity contribution < 1.29 is 14.3 Å². The molecule has 0 unspecified atom stereocenters. The van der Waals surface area contributed by atoms with Crippen LogP contribution in [0.5, 0.6) is 0 Å². The highest BCUT2D eigenvalue weighted by Crippen LogP contribution is 2.34. The normalized spacial score (nSPS) is 15.8. The van der Waals surface area contributed by atoms with E-state index in [-0.39, 0.29) is 11.8 Å². The average Bonchev–Trinajstić information content (AvgIpc) is 3.53. The van der Waals surface area contributed by atoms with Crippen LogP contribution in [0.15, 0.2) is 36.5 Å². The smallest absolute Gasteiger partial charge is 0.254 e. The molecule has 2 aromatic carbocycles. The van der Waals surface area contributed by atoms with Gasteiger partial charge in [-0.2, -0.15) is 0 Å². The number of aromatic nitrogens is 2. The van der Waals surface area contributed by atoms with Gasteiger partial charge in [-0.25, -0.2) is 4.98 Å². The minimum absolute atomic E-state index is 0.0125. The van der Waals surface area contributed by atoms with Gasteiger partial charge in [0.1, 0.15) is 11.5 Å². The number of aldehydes is 1. The Kier molecular flexibility index (Phi) is 7.13. The van der Waals surface area contributed by atoms with Crippen molar-refractivity contribution in [2.24, 2.45) is 0 Å². The molecule has 0 saturated carbocycles. The fourth-order valence-corrected chi connectivity index (χ4v) is 5.57. The van der Waals surface area contributed by atoms with Crippen LogP contribution >= 0.6 is 0 Å². The predicted octanol–water partition coefficient (Wildman–Crippen LogP) is 4.15. The standard InChI is InChI=1S/C29H35N5O3/c1-19-12-27(34-23(18-35)14-31-28(34)20-8-10-37-11-9-20)26(30-2)13-24(19)29(36)33-16-22-7-5-6-21(15-32(3)4)25(22)17-33/h5-7,12-14,18,20,30H,8-11,15-17H2,1-4H3. The van der Waals surface area contributed by atoms with E-state index in [2.05, 4.69) is 47.5 Å². The third kappa shape index (κ3) is 4.79. The van der Waals surface area contributed by atoms with Crippen LogP contribution in [0.25, 0.3) is 5.69 Å². The van der Waals surface area contributed by atoms with Gasteiger partial charge < -0.3 is 19.9 Å². The first-order chi connectivity index (χ1) is 17.9. The van der Waals surface area contributed by atoms with E-state index in [0.717, 1.165) is 48.4 Å². The lowest BCUT2D eigenvalue weighted by Crippen LogP contribution is -2.26. The Morgan fingerprint density at radius 2 is 2.00 bits per heavy atom. The van der Waals surface area contributed by atoms with Crippen molar-refractivity contribution in [2.45, 2.75) is 45.3 Å². The first kappa shape index (κ1) is 25.2. The largest absolute Gasteiger partial charge is 0.386 e. The monoisotopic (exact) mass is 501 g/mol. The topological polar surface area (TPSA) is 79.7 Å². The van der Waals surface area contributed by atoms with E-state index < -0.39 is 0 Å². The molecule has 1 fully saturated rings. The summed E-state index contributed by atoms with van der Waals surface area (Å²) in [4.78, 5) is 34.4. The Bertz CT molecular complexity index is 1320. The predicted molar refractivity (Wildman–Crippen MR) is 143 cm³/mol. The molecule has 0 radical (unpaired) electrons. The number of ether oxygens (including phenoxy) is 1. The Morgan fingerprint density at radius 1 is 1.22 bits per heavy atom. The Balaban J connectivity index is 1.48. The van der Waals surface area contributed by atoms with E-state index in [1.54, 1.807) is 6.20 Å². The number of anilines is 1. The molecule has 194 valence electrons. The minimum Gasteiger partial charge on any atom is -0.386 e. The van der Waals surface area contributed by atoms with Crippen LogP contribution in [0, 0.1) is 6.92 Å². The summed E-state index contributed by atoms with van der Waals surface area (Å²) in [5, 5.41) is 3.26. The highest BCUT2D eigenvalue weighted by molar-refractivity contribution is 5.98. The number of amides is 1. The van der Waals surface area contributed by atoms with Gasteiger partial charge in [0.05, 0.1) is 17.6 Å². The second-order valence-electron chi connectivity index (χ2n) is 10.3. The van der Waals surface area contributed by atoms with Crippen molar-refractivity contribution in [2.75, 3.05) is 39.7 Å². The molecule has 1 aromatic heterocycles. The lowest BCUT2D eigenvalue weighted by atomic mass is 9.98. The summed E-state index contributed by atoms with van der Waals surface area (Å²) in [6, 6.07) is 10.3. The number of nitrogens with zero attached hydrogens (tertiary/aromatic N) is 4. The number of hydrogen-bond acceptors (Lipinski definition) is 6. The molecule has 0 bridgehead atoms. The summed E-state index contributed by atoms with van der Waals surface area (Å²) in [6.45, 7) is 5.40. The van der Waals surface area contributed by atoms with E-state index in [0.29, 0.717) is 37.6 Å². The lowest BCUT2D eigenvalue weighted by Gasteiger charge is -2.25. The maximum atomic E-state index is 13.8. The molecule has 1 saturated heterocycles. The van der Waals surface area contributed by atoms with Crippen molar-refractivity contribution in [3.8, 4) is 5.69 Å². The molecule has 8 nitrogen and oxygen atoms in total. The molecule has 0 atom stereocenters. The molecule has 3 aromatic rings. The zero-order chi connectivity index (χ0) is 26.1. The van der Waals surface area contributed by atoms with Crippen LogP contribution in [0.4, 0.5) is 5.69 Å². The number of imidazole rings is 1. The van der Waals surface area contributed by atoms with Gasteiger partial charge in [-0.15, -0.1) is 0 Å². The van der Waals surface area contributed by atoms with Crippen molar-refractivity contribution >= 4 is 17.9 Å². The quantitative estimate of drug-likeness (QED) is 0.490. The van der Waals surface area contributed by atoms with Gasteiger partial charge in [0.25, 0.3) is 5.91 Å². The Labute approximate surface area is 218 Å². The molecule has 1 amide bonds. The third-order valence-electron chi connectivity index (χ3n) is 7.46. The van der Waals surface area contributed by atoms with Gasteiger partial charge in [-0.1, -0.05) is 18.2 Å². The fourth-order valence-electron chi connectivity index (χ4n) is 5.57. The average molecular weight is 502 g/mol. The molecular formula is C29H35N5O3. The molecule has 0 spiro atoms. The first-order valence-electron chi connectivity index (χ1n) is 12.9. The molecule has 8 heteroatoms. The van der Waals surface area contributed by atoms with Crippen LogP contribution in [-0.4, -0.2) is 65.9 Å². The Hall–Kier alpha value is -3.49. The van der Waals surface area contributed by atoms with Gasteiger partial charge in [-0.05, 0) is 68.2 Å². The van der Waals surface area contributed by atoms with Crippen LogP contribution < -0.4 is 5.32 Å². The summed E-state index contributed by atoms with van der Waals surface area (Å²) >= 11 is 0. The SMILES string of the molecule is CNc1cc(C(=O)N2Cc3cccc(CN(C)C)c3C2)c(C)cc1-n1c(C=O)cnc1C1CCOCC1. The second kappa shape index (κ2) is 10.5. The summed E-state index contributed by atoms with van der Waals surface area (Å²) in [7, 11) is 5.96. The number of hydrogen-bond donors (Lipinski definition) is 1. The zero-order valence-electron chi connectivity index (χ0n) is 22.1. The molecule has 3 heterocycles. The number of fused-ring (bicyclic) bond motifs is 1. The van der Waals surface area contributed by atoms with Crippen molar-refractivity contribution in [3.63, 3.8) is 0 Å². The lowest BCUT2D eigenvalue weighted by molar-refractivity contribution is 0.0750. The number of nitrogens with one attached hydrogen (secondary N) is 1. The molecular weight excluding hydrogens is 466 g/mol. The van der Waals surface area contributed by atoms with E-state index >= 15 is 0 Å². The number of aryl methyl sites for hydroxylation is 1. The van der Waals surface area contributed by atoms with E-state index in [9.17, 15) is 9.59 Å². The highest BCUT2D eigenvalue weighted by Gasteiger charge is 2.29. The summed E-state index contributed by atoms with van der Waals surface area (Å²) in [5.41, 5.74) is 7.38. The number of carbonyl (C=O) groups is 2. The van der Waals surface area contributed by atoms with Crippen LogP contribution in [-0.2, 0) is 24.4 Å². The molecule has 37 heavy (non-hydrogen) atoms. The number of carbonyl (C=O) groups excluding carboxylic acids is 2. The molecule has 2 aliphatic heterocycles. The van der Waals surface area contributed by atoms with Gasteiger partial charge in [0.15, 0.2) is 6.29 Å². The fraction of sp³-hybridized carbons (Fsp3) is 0.414. The summed E-state index contributed by atoms with van der Waals surface area (Å²) in [5.74, 6) is 1.09. The zero-order valence-corrected chi connectivity index (χ0v) is 22.1. The third-order valence-corrected chi connectivity index (χ3v) is 7.46. The van der Waals surface area contributed by atoms with E-state index in [1.807, 2.05) is 35.6 Å². The van der Waals surface area contributed by atoms with Gasteiger partial charge >= 0.3 is 0 Å². The van der Waals surface area contributed by atoms with Crippen LogP contribution in [0.3, 0.4) is 0 Å².